The molecule has 1 aromatic rings. The summed E-state index contributed by atoms with van der Waals surface area (Å²) >= 11 is 0. The molecule has 1 N–H and O–H groups in total. The average molecular weight is 259 g/mol. The monoisotopic (exact) mass is 259 g/mol. The van der Waals surface area contributed by atoms with E-state index in [1.54, 1.807) is 0 Å². The van der Waals surface area contributed by atoms with Crippen LogP contribution in [0.3, 0.4) is 0 Å². The Kier molecular flexibility index (Phi) is 2.87. The Morgan fingerprint density at radius 3 is 2.89 bits per heavy atom. The van der Waals surface area contributed by atoms with Gasteiger partial charge in [0.1, 0.15) is 0 Å². The zero-order valence-electron chi connectivity index (χ0n) is 11.2. The fraction of sp³-hybridized carbons (Fsp3) is 0.625. The first-order valence-electron chi connectivity index (χ1n) is 7.50. The molecule has 0 radical (unpaired) electrons. The molecular formula is C16H21NO2. The molecule has 3 nitrogen and oxygen atoms in total. The van der Waals surface area contributed by atoms with Gasteiger partial charge in [0.05, 0.1) is 0 Å². The zero-order valence-corrected chi connectivity index (χ0v) is 11.2. The minimum Gasteiger partial charge on any atom is -0.454 e. The molecule has 19 heavy (non-hydrogen) atoms. The van der Waals surface area contributed by atoms with E-state index >= 15 is 0 Å². The Bertz CT molecular complexity index is 474. The highest BCUT2D eigenvalue weighted by atomic mass is 16.7. The molecule has 2 saturated carbocycles. The molecule has 4 rings (SSSR count). The van der Waals surface area contributed by atoms with Gasteiger partial charge >= 0.3 is 0 Å². The van der Waals surface area contributed by atoms with E-state index in [0.29, 0.717) is 6.79 Å². The summed E-state index contributed by atoms with van der Waals surface area (Å²) in [6.45, 7) is 1.44. The average Bonchev–Trinajstić information content (AvgIpc) is 3.14. The van der Waals surface area contributed by atoms with Gasteiger partial charge in [-0.05, 0) is 61.8 Å². The third-order valence-electron chi connectivity index (χ3n) is 5.00. The lowest BCUT2D eigenvalue weighted by Gasteiger charge is -2.22. The molecule has 0 spiro atoms. The van der Waals surface area contributed by atoms with Crippen molar-refractivity contribution in [2.45, 2.75) is 38.1 Å². The molecule has 1 heterocycles. The van der Waals surface area contributed by atoms with E-state index in [2.05, 4.69) is 17.4 Å². The smallest absolute Gasteiger partial charge is 0.231 e. The quantitative estimate of drug-likeness (QED) is 0.902. The molecule has 1 aliphatic heterocycles. The standard InChI is InChI=1S/C16H21NO2/c1-3-13-7-12(1)8-14(13)17-6-5-11-2-4-15-16(9-11)19-10-18-15/h2,4,9,12-14,17H,1,3,5-8,10H2/t12-,13-,14+/m0/s1. The van der Waals surface area contributed by atoms with Crippen molar-refractivity contribution in [3.05, 3.63) is 23.8 Å². The van der Waals surface area contributed by atoms with Gasteiger partial charge in [-0.15, -0.1) is 0 Å². The normalized spacial score (nSPS) is 31.1. The Balaban J connectivity index is 1.30. The second kappa shape index (κ2) is 4.71. The van der Waals surface area contributed by atoms with Crippen molar-refractivity contribution < 1.29 is 9.47 Å². The number of hydrogen-bond donors (Lipinski definition) is 1. The van der Waals surface area contributed by atoms with E-state index in [4.69, 9.17) is 9.47 Å². The molecule has 0 amide bonds. The maximum absolute atomic E-state index is 5.42. The molecule has 0 aromatic heterocycles. The molecule has 2 aliphatic carbocycles. The van der Waals surface area contributed by atoms with Gasteiger partial charge in [-0.1, -0.05) is 12.5 Å². The van der Waals surface area contributed by atoms with Crippen molar-refractivity contribution in [1.82, 2.24) is 5.32 Å². The fourth-order valence-electron chi connectivity index (χ4n) is 3.99. The lowest BCUT2D eigenvalue weighted by atomic mass is 9.95. The van der Waals surface area contributed by atoms with Gasteiger partial charge in [0, 0.05) is 6.04 Å². The summed E-state index contributed by atoms with van der Waals surface area (Å²) < 4.78 is 10.8. The minimum atomic E-state index is 0.363. The Hall–Kier alpha value is -1.22. The summed E-state index contributed by atoms with van der Waals surface area (Å²) in [7, 11) is 0. The van der Waals surface area contributed by atoms with Crippen LogP contribution in [0.4, 0.5) is 0 Å². The van der Waals surface area contributed by atoms with Crippen molar-refractivity contribution in [3.8, 4) is 11.5 Å². The summed E-state index contributed by atoms with van der Waals surface area (Å²) in [5, 5.41) is 3.76. The first-order valence-corrected chi connectivity index (χ1v) is 7.50. The third kappa shape index (κ3) is 2.20. The summed E-state index contributed by atoms with van der Waals surface area (Å²) in [5.41, 5.74) is 1.33. The number of fused-ring (bicyclic) bond motifs is 3. The third-order valence-corrected chi connectivity index (χ3v) is 5.00. The Labute approximate surface area is 114 Å². The van der Waals surface area contributed by atoms with Gasteiger partial charge < -0.3 is 14.8 Å². The SMILES string of the molecule is c1cc2c(cc1CCN[C@@H]1C[C@H]3CC[C@H]1C3)OCO2. The van der Waals surface area contributed by atoms with E-state index in [1.165, 1.54) is 31.2 Å². The first kappa shape index (κ1) is 11.6. The number of ether oxygens (including phenoxy) is 2. The molecule has 3 aliphatic rings. The van der Waals surface area contributed by atoms with E-state index in [0.717, 1.165) is 42.3 Å². The molecule has 2 bridgehead atoms. The van der Waals surface area contributed by atoms with Crippen LogP contribution in [0.2, 0.25) is 0 Å². The highest BCUT2D eigenvalue weighted by Gasteiger charge is 2.38. The topological polar surface area (TPSA) is 30.5 Å². The Morgan fingerprint density at radius 2 is 2.05 bits per heavy atom. The highest BCUT2D eigenvalue weighted by molar-refractivity contribution is 5.44. The van der Waals surface area contributed by atoms with Gasteiger partial charge in [-0.2, -0.15) is 0 Å². The highest BCUT2D eigenvalue weighted by Crippen LogP contribution is 2.44. The van der Waals surface area contributed by atoms with Crippen LogP contribution in [-0.2, 0) is 6.42 Å². The molecule has 102 valence electrons. The van der Waals surface area contributed by atoms with E-state index < -0.39 is 0 Å². The van der Waals surface area contributed by atoms with Crippen LogP contribution in [0.5, 0.6) is 11.5 Å². The van der Waals surface area contributed by atoms with Gasteiger partial charge in [0.2, 0.25) is 6.79 Å². The predicted octanol–water partition coefficient (Wildman–Crippen LogP) is 2.74. The summed E-state index contributed by atoms with van der Waals surface area (Å²) in [6, 6.07) is 7.07. The van der Waals surface area contributed by atoms with Gasteiger partial charge in [0.15, 0.2) is 11.5 Å². The summed E-state index contributed by atoms with van der Waals surface area (Å²) in [6.07, 6.45) is 6.88. The fourth-order valence-corrected chi connectivity index (χ4v) is 3.99. The second-order valence-electron chi connectivity index (χ2n) is 6.17. The van der Waals surface area contributed by atoms with Crippen molar-refractivity contribution in [3.63, 3.8) is 0 Å². The lowest BCUT2D eigenvalue weighted by Crippen LogP contribution is -2.35. The first-order chi connectivity index (χ1) is 9.38. The maximum Gasteiger partial charge on any atom is 0.231 e. The lowest BCUT2D eigenvalue weighted by molar-refractivity contribution is 0.174. The molecular weight excluding hydrogens is 238 g/mol. The largest absolute Gasteiger partial charge is 0.454 e. The molecule has 3 atom stereocenters. The number of benzene rings is 1. The number of hydrogen-bond acceptors (Lipinski definition) is 3. The minimum absolute atomic E-state index is 0.363. The van der Waals surface area contributed by atoms with Crippen molar-refractivity contribution in [2.24, 2.45) is 11.8 Å². The molecule has 1 aromatic carbocycles. The van der Waals surface area contributed by atoms with Crippen LogP contribution in [0.15, 0.2) is 18.2 Å². The molecule has 3 heteroatoms. The van der Waals surface area contributed by atoms with Crippen LogP contribution < -0.4 is 14.8 Å². The van der Waals surface area contributed by atoms with Crippen LogP contribution in [-0.4, -0.2) is 19.4 Å². The van der Waals surface area contributed by atoms with Crippen molar-refractivity contribution >= 4 is 0 Å². The number of nitrogens with one attached hydrogen (secondary N) is 1. The molecule has 0 saturated heterocycles. The summed E-state index contributed by atoms with van der Waals surface area (Å²) in [4.78, 5) is 0. The van der Waals surface area contributed by atoms with Crippen LogP contribution in [0, 0.1) is 11.8 Å². The van der Waals surface area contributed by atoms with E-state index in [-0.39, 0.29) is 0 Å². The van der Waals surface area contributed by atoms with Crippen LogP contribution in [0.25, 0.3) is 0 Å². The maximum atomic E-state index is 5.42. The van der Waals surface area contributed by atoms with E-state index in [9.17, 15) is 0 Å². The second-order valence-corrected chi connectivity index (χ2v) is 6.17. The Morgan fingerprint density at radius 1 is 1.11 bits per heavy atom. The van der Waals surface area contributed by atoms with Gasteiger partial charge in [0.25, 0.3) is 0 Å². The van der Waals surface area contributed by atoms with Gasteiger partial charge in [-0.25, -0.2) is 0 Å². The molecule has 2 fully saturated rings. The zero-order chi connectivity index (χ0) is 12.7. The van der Waals surface area contributed by atoms with Gasteiger partial charge in [-0.3, -0.25) is 0 Å². The van der Waals surface area contributed by atoms with Crippen LogP contribution in [0.1, 0.15) is 31.2 Å². The predicted molar refractivity (Wildman–Crippen MR) is 73.5 cm³/mol. The van der Waals surface area contributed by atoms with Crippen LogP contribution >= 0.6 is 0 Å². The van der Waals surface area contributed by atoms with Crippen molar-refractivity contribution in [2.75, 3.05) is 13.3 Å². The van der Waals surface area contributed by atoms with E-state index in [1.807, 2.05) is 6.07 Å². The summed E-state index contributed by atoms with van der Waals surface area (Å²) in [5.74, 6) is 3.76. The van der Waals surface area contributed by atoms with Crippen molar-refractivity contribution in [1.29, 1.82) is 0 Å². The molecule has 0 unspecified atom stereocenters. The number of rotatable bonds is 4.